The standard InChI is InChI=1S/C33H36N6O4/c40-31-27-9-4-5-10-28(27)42-24-33(12-17-38(18-13-33)32(41)29-21-35-25-43-29)11-6-16-37(30-22-34-14-15-36-30)19-20-39(31)23-26-7-2-1-3-8-26/h1-5,7-10,14-15,21-22,25H,6,11-13,16-20,23-24H2. The zero-order valence-electron chi connectivity index (χ0n) is 24.2. The highest BCUT2D eigenvalue weighted by atomic mass is 16.5. The molecule has 6 rings (SSSR count). The van der Waals surface area contributed by atoms with Gasteiger partial charge in [0.25, 0.3) is 11.8 Å². The number of anilines is 1. The van der Waals surface area contributed by atoms with Gasteiger partial charge in [-0.1, -0.05) is 42.5 Å². The highest BCUT2D eigenvalue weighted by molar-refractivity contribution is 5.97. The molecule has 0 bridgehead atoms. The van der Waals surface area contributed by atoms with Gasteiger partial charge in [-0.3, -0.25) is 14.6 Å². The Bertz CT molecular complexity index is 1490. The molecule has 2 amide bonds. The lowest BCUT2D eigenvalue weighted by atomic mass is 9.75. The normalized spacial score (nSPS) is 17.8. The molecule has 2 aliphatic heterocycles. The number of likely N-dealkylation sites (tertiary alicyclic amines) is 1. The van der Waals surface area contributed by atoms with Crippen LogP contribution >= 0.6 is 0 Å². The number of oxazole rings is 1. The highest BCUT2D eigenvalue weighted by Crippen LogP contribution is 2.38. The van der Waals surface area contributed by atoms with Crippen LogP contribution in [0.4, 0.5) is 5.82 Å². The van der Waals surface area contributed by atoms with E-state index in [9.17, 15) is 9.59 Å². The summed E-state index contributed by atoms with van der Waals surface area (Å²) in [6.07, 6.45) is 11.3. The summed E-state index contributed by atoms with van der Waals surface area (Å²) in [5, 5.41) is 0. The van der Waals surface area contributed by atoms with Gasteiger partial charge in [-0.15, -0.1) is 0 Å². The first-order valence-corrected chi connectivity index (χ1v) is 14.8. The monoisotopic (exact) mass is 580 g/mol. The number of hydrogen-bond acceptors (Lipinski definition) is 8. The van der Waals surface area contributed by atoms with Crippen LogP contribution in [0.3, 0.4) is 0 Å². The Morgan fingerprint density at radius 2 is 1.67 bits per heavy atom. The van der Waals surface area contributed by atoms with Crippen molar-refractivity contribution >= 4 is 17.6 Å². The van der Waals surface area contributed by atoms with Crippen LogP contribution in [0.1, 0.15) is 52.2 Å². The summed E-state index contributed by atoms with van der Waals surface area (Å²) in [4.78, 5) is 45.8. The van der Waals surface area contributed by atoms with Gasteiger partial charge in [0.1, 0.15) is 11.6 Å². The molecule has 2 aromatic heterocycles. The lowest BCUT2D eigenvalue weighted by molar-refractivity contribution is 0.0345. The minimum atomic E-state index is -0.153. The van der Waals surface area contributed by atoms with Crippen molar-refractivity contribution in [1.29, 1.82) is 0 Å². The summed E-state index contributed by atoms with van der Waals surface area (Å²) in [5.41, 5.74) is 1.47. The van der Waals surface area contributed by atoms with E-state index in [1.54, 1.807) is 18.6 Å². The van der Waals surface area contributed by atoms with E-state index in [-0.39, 0.29) is 23.0 Å². The molecular formula is C33H36N6O4. The molecule has 0 radical (unpaired) electrons. The third-order valence-electron chi connectivity index (χ3n) is 8.56. The molecule has 0 unspecified atom stereocenters. The maximum absolute atomic E-state index is 14.1. The largest absolute Gasteiger partial charge is 0.492 e. The number of amides is 2. The lowest BCUT2D eigenvalue weighted by Gasteiger charge is -2.42. The van der Waals surface area contributed by atoms with Crippen molar-refractivity contribution in [3.63, 3.8) is 0 Å². The van der Waals surface area contributed by atoms with Gasteiger partial charge in [0.05, 0.1) is 24.6 Å². The minimum Gasteiger partial charge on any atom is -0.492 e. The van der Waals surface area contributed by atoms with Gasteiger partial charge in [-0.2, -0.15) is 0 Å². The van der Waals surface area contributed by atoms with E-state index in [0.29, 0.717) is 50.6 Å². The fourth-order valence-corrected chi connectivity index (χ4v) is 6.04. The van der Waals surface area contributed by atoms with Crippen LogP contribution in [-0.4, -0.2) is 75.9 Å². The van der Waals surface area contributed by atoms with E-state index in [1.165, 1.54) is 12.6 Å². The molecule has 222 valence electrons. The number of carbonyl (C=O) groups is 2. The quantitative estimate of drug-likeness (QED) is 0.342. The second-order valence-corrected chi connectivity index (χ2v) is 11.3. The number of para-hydroxylation sites is 1. The van der Waals surface area contributed by atoms with E-state index in [2.05, 4.69) is 19.9 Å². The molecule has 1 saturated heterocycles. The van der Waals surface area contributed by atoms with Gasteiger partial charge in [0, 0.05) is 57.1 Å². The van der Waals surface area contributed by atoms with E-state index in [0.717, 1.165) is 43.6 Å². The maximum atomic E-state index is 14.1. The number of ether oxygens (including phenoxy) is 1. The topological polar surface area (TPSA) is 105 Å². The van der Waals surface area contributed by atoms with Crippen molar-refractivity contribution in [2.75, 3.05) is 44.2 Å². The Labute approximate surface area is 251 Å². The van der Waals surface area contributed by atoms with Crippen molar-refractivity contribution in [3.8, 4) is 5.75 Å². The minimum absolute atomic E-state index is 0.0701. The summed E-state index contributed by atoms with van der Waals surface area (Å²) in [7, 11) is 0. The van der Waals surface area contributed by atoms with Crippen molar-refractivity contribution in [2.45, 2.75) is 32.2 Å². The predicted octanol–water partition coefficient (Wildman–Crippen LogP) is 4.71. The average molecular weight is 581 g/mol. The summed E-state index contributed by atoms with van der Waals surface area (Å²) in [6, 6.07) is 17.6. The summed E-state index contributed by atoms with van der Waals surface area (Å²) in [6.45, 7) is 4.05. The highest BCUT2D eigenvalue weighted by Gasteiger charge is 2.38. The van der Waals surface area contributed by atoms with E-state index >= 15 is 0 Å². The van der Waals surface area contributed by atoms with Crippen LogP contribution in [0, 0.1) is 5.41 Å². The van der Waals surface area contributed by atoms with Crippen molar-refractivity contribution in [1.82, 2.24) is 24.8 Å². The number of rotatable bonds is 4. The SMILES string of the molecule is O=C(c1cnco1)N1CCC2(CCCN(c3cnccn3)CCN(Cc3ccccc3)C(=O)c3ccccc3OC2)CC1. The van der Waals surface area contributed by atoms with Crippen LogP contribution < -0.4 is 9.64 Å². The Morgan fingerprint density at radius 3 is 2.44 bits per heavy atom. The molecule has 1 spiro atoms. The fourth-order valence-electron chi connectivity index (χ4n) is 6.04. The second-order valence-electron chi connectivity index (χ2n) is 11.3. The zero-order valence-corrected chi connectivity index (χ0v) is 24.2. The van der Waals surface area contributed by atoms with Crippen LogP contribution in [0.25, 0.3) is 0 Å². The van der Waals surface area contributed by atoms with Crippen LogP contribution in [-0.2, 0) is 6.54 Å². The fraction of sp³-hybridized carbons (Fsp3) is 0.364. The smallest absolute Gasteiger partial charge is 0.291 e. The Balaban J connectivity index is 1.28. The van der Waals surface area contributed by atoms with Crippen molar-refractivity contribution < 1.29 is 18.7 Å². The van der Waals surface area contributed by atoms with Gasteiger partial charge in [-0.25, -0.2) is 9.97 Å². The number of aromatic nitrogens is 3. The van der Waals surface area contributed by atoms with Crippen LogP contribution in [0.2, 0.25) is 0 Å². The Hall–Kier alpha value is -4.73. The van der Waals surface area contributed by atoms with Gasteiger partial charge in [0.15, 0.2) is 6.39 Å². The molecule has 0 atom stereocenters. The third-order valence-corrected chi connectivity index (χ3v) is 8.56. The number of fused-ring (bicyclic) bond motifs is 1. The molecule has 2 aromatic carbocycles. The molecule has 0 saturated carbocycles. The maximum Gasteiger partial charge on any atom is 0.291 e. The Kier molecular flexibility index (Phi) is 8.62. The first-order valence-electron chi connectivity index (χ1n) is 14.8. The van der Waals surface area contributed by atoms with Crippen LogP contribution in [0.5, 0.6) is 5.75 Å². The number of hydrogen-bond donors (Lipinski definition) is 0. The first-order chi connectivity index (χ1) is 21.1. The molecule has 1 fully saturated rings. The molecule has 4 aromatic rings. The average Bonchev–Trinajstić information content (AvgIpc) is 3.61. The summed E-state index contributed by atoms with van der Waals surface area (Å²) >= 11 is 0. The second kappa shape index (κ2) is 13.1. The van der Waals surface area contributed by atoms with Gasteiger partial charge < -0.3 is 23.9 Å². The predicted molar refractivity (Wildman–Crippen MR) is 161 cm³/mol. The summed E-state index contributed by atoms with van der Waals surface area (Å²) in [5.74, 6) is 1.44. The first kappa shape index (κ1) is 28.4. The van der Waals surface area contributed by atoms with E-state index in [4.69, 9.17) is 9.15 Å². The molecular weight excluding hydrogens is 544 g/mol. The van der Waals surface area contributed by atoms with Gasteiger partial charge in [0.2, 0.25) is 5.76 Å². The van der Waals surface area contributed by atoms with Gasteiger partial charge >= 0.3 is 0 Å². The van der Waals surface area contributed by atoms with E-state index < -0.39 is 0 Å². The third kappa shape index (κ3) is 6.69. The molecule has 10 heteroatoms. The molecule has 10 nitrogen and oxygen atoms in total. The molecule has 0 aliphatic carbocycles. The van der Waals surface area contributed by atoms with Gasteiger partial charge in [-0.05, 0) is 43.4 Å². The Morgan fingerprint density at radius 1 is 0.860 bits per heavy atom. The van der Waals surface area contributed by atoms with Crippen molar-refractivity contribution in [2.24, 2.45) is 5.41 Å². The number of piperidine rings is 1. The number of nitrogens with zero attached hydrogens (tertiary/aromatic N) is 6. The number of benzene rings is 2. The van der Waals surface area contributed by atoms with E-state index in [1.807, 2.05) is 64.4 Å². The molecule has 4 heterocycles. The molecule has 0 N–H and O–H groups in total. The molecule has 43 heavy (non-hydrogen) atoms. The summed E-state index contributed by atoms with van der Waals surface area (Å²) < 4.78 is 11.8. The van der Waals surface area contributed by atoms with Crippen molar-refractivity contribution in [3.05, 3.63) is 103 Å². The zero-order chi connectivity index (χ0) is 29.5. The molecule has 2 aliphatic rings. The van der Waals surface area contributed by atoms with Crippen LogP contribution in [0.15, 0.2) is 90.2 Å². The number of carbonyl (C=O) groups excluding carboxylic acids is 2. The lowest BCUT2D eigenvalue weighted by Crippen LogP contribution is -2.45.